The molecule has 3 aromatic carbocycles. The molecule has 1 heterocycles. The van der Waals surface area contributed by atoms with E-state index in [9.17, 15) is 14.4 Å². The average Bonchev–Trinajstić information content (AvgIpc) is 3.46. The Hall–Kier alpha value is -4.17. The molecule has 37 heavy (non-hydrogen) atoms. The van der Waals surface area contributed by atoms with E-state index in [1.54, 1.807) is 53.4 Å². The fourth-order valence-electron chi connectivity index (χ4n) is 4.14. The normalized spacial score (nSPS) is 14.6. The molecule has 3 amide bonds. The molecule has 192 valence electrons. The van der Waals surface area contributed by atoms with Crippen LogP contribution >= 0.6 is 0 Å². The summed E-state index contributed by atoms with van der Waals surface area (Å²) < 4.78 is 5.52. The molecule has 0 aliphatic carbocycles. The quantitative estimate of drug-likeness (QED) is 0.385. The highest BCUT2D eigenvalue weighted by molar-refractivity contribution is 6.06. The molecule has 3 aromatic rings. The van der Waals surface area contributed by atoms with Crippen LogP contribution in [0, 0.1) is 0 Å². The summed E-state index contributed by atoms with van der Waals surface area (Å²) in [6, 6.07) is 23.4. The van der Waals surface area contributed by atoms with Crippen molar-refractivity contribution >= 4 is 34.8 Å². The monoisotopic (exact) mass is 500 g/mol. The van der Waals surface area contributed by atoms with E-state index in [2.05, 4.69) is 16.0 Å². The summed E-state index contributed by atoms with van der Waals surface area (Å²) in [5.74, 6) is -0.471. The molecule has 1 unspecified atom stereocenters. The van der Waals surface area contributed by atoms with Crippen molar-refractivity contribution < 1.29 is 19.1 Å². The van der Waals surface area contributed by atoms with Crippen molar-refractivity contribution in [3.63, 3.8) is 0 Å². The van der Waals surface area contributed by atoms with Crippen LogP contribution in [0.2, 0.25) is 0 Å². The SMILES string of the molecule is CCN(C(=O)c1ccc(NCC(=O)Nc2ccc(C(=O)NCC3CCCO3)cc2)cc1)c1ccccc1. The predicted octanol–water partition coefficient (Wildman–Crippen LogP) is 4.31. The minimum Gasteiger partial charge on any atom is -0.376 e. The first-order valence-corrected chi connectivity index (χ1v) is 12.5. The van der Waals surface area contributed by atoms with E-state index in [1.807, 2.05) is 37.3 Å². The molecule has 0 bridgehead atoms. The van der Waals surface area contributed by atoms with E-state index in [1.165, 1.54) is 0 Å². The van der Waals surface area contributed by atoms with Gasteiger partial charge >= 0.3 is 0 Å². The Balaban J connectivity index is 1.24. The number of hydrogen-bond acceptors (Lipinski definition) is 5. The van der Waals surface area contributed by atoms with Gasteiger partial charge in [0, 0.05) is 47.9 Å². The number of carbonyl (C=O) groups excluding carboxylic acids is 3. The molecule has 8 heteroatoms. The summed E-state index contributed by atoms with van der Waals surface area (Å²) in [5.41, 5.74) is 3.27. The van der Waals surface area contributed by atoms with Crippen molar-refractivity contribution in [2.45, 2.75) is 25.9 Å². The first-order chi connectivity index (χ1) is 18.0. The van der Waals surface area contributed by atoms with Crippen LogP contribution in [-0.4, -0.2) is 50.1 Å². The van der Waals surface area contributed by atoms with E-state index in [-0.39, 0.29) is 30.4 Å². The van der Waals surface area contributed by atoms with Crippen molar-refractivity contribution in [3.8, 4) is 0 Å². The number of benzene rings is 3. The molecule has 1 fully saturated rings. The van der Waals surface area contributed by atoms with Crippen LogP contribution in [0.1, 0.15) is 40.5 Å². The molecule has 3 N–H and O–H groups in total. The summed E-state index contributed by atoms with van der Waals surface area (Å²) in [5, 5.41) is 8.76. The number of para-hydroxylation sites is 1. The molecule has 0 spiro atoms. The molecular formula is C29H32N4O4. The Labute approximate surface area is 217 Å². The first-order valence-electron chi connectivity index (χ1n) is 12.5. The molecular weight excluding hydrogens is 468 g/mol. The fourth-order valence-corrected chi connectivity index (χ4v) is 4.14. The lowest BCUT2D eigenvalue weighted by Gasteiger charge is -2.21. The van der Waals surface area contributed by atoms with Crippen molar-refractivity contribution in [3.05, 3.63) is 90.0 Å². The highest BCUT2D eigenvalue weighted by Gasteiger charge is 2.17. The molecule has 4 rings (SSSR count). The number of nitrogens with zero attached hydrogens (tertiary/aromatic N) is 1. The topological polar surface area (TPSA) is 99.8 Å². The van der Waals surface area contributed by atoms with Gasteiger partial charge in [-0.25, -0.2) is 0 Å². The maximum atomic E-state index is 12.9. The Morgan fingerprint density at radius 3 is 2.22 bits per heavy atom. The number of carbonyl (C=O) groups is 3. The van der Waals surface area contributed by atoms with Gasteiger partial charge in [-0.3, -0.25) is 14.4 Å². The Morgan fingerprint density at radius 1 is 0.892 bits per heavy atom. The largest absolute Gasteiger partial charge is 0.376 e. The zero-order valence-corrected chi connectivity index (χ0v) is 20.9. The van der Waals surface area contributed by atoms with Crippen LogP contribution in [-0.2, 0) is 9.53 Å². The summed E-state index contributed by atoms with van der Waals surface area (Å²) in [4.78, 5) is 39.3. The summed E-state index contributed by atoms with van der Waals surface area (Å²) in [6.45, 7) is 3.81. The van der Waals surface area contributed by atoms with E-state index < -0.39 is 0 Å². The van der Waals surface area contributed by atoms with Gasteiger partial charge in [0.05, 0.1) is 12.6 Å². The van der Waals surface area contributed by atoms with Crippen LogP contribution in [0.15, 0.2) is 78.9 Å². The van der Waals surface area contributed by atoms with Crippen LogP contribution in [0.5, 0.6) is 0 Å². The Kier molecular flexibility index (Phi) is 8.89. The second-order valence-electron chi connectivity index (χ2n) is 8.79. The Bertz CT molecular complexity index is 1190. The number of nitrogens with one attached hydrogen (secondary N) is 3. The van der Waals surface area contributed by atoms with Crippen LogP contribution in [0.4, 0.5) is 17.1 Å². The fraction of sp³-hybridized carbons (Fsp3) is 0.276. The molecule has 1 aliphatic rings. The molecule has 8 nitrogen and oxygen atoms in total. The standard InChI is InChI=1S/C29H32N4O4/c1-2-33(25-7-4-3-5-8-25)29(36)22-12-14-23(15-13-22)30-20-27(34)32-24-16-10-21(11-17-24)28(35)31-19-26-9-6-18-37-26/h3-5,7-8,10-17,26,30H,2,6,9,18-20H2,1H3,(H,31,35)(H,32,34). The van der Waals surface area contributed by atoms with Crippen molar-refractivity contribution in [1.29, 1.82) is 0 Å². The molecule has 0 radical (unpaired) electrons. The van der Waals surface area contributed by atoms with Crippen molar-refractivity contribution in [1.82, 2.24) is 5.32 Å². The van der Waals surface area contributed by atoms with Gasteiger partial charge in [0.25, 0.3) is 11.8 Å². The third-order valence-corrected chi connectivity index (χ3v) is 6.16. The van der Waals surface area contributed by atoms with E-state index >= 15 is 0 Å². The highest BCUT2D eigenvalue weighted by atomic mass is 16.5. The number of anilines is 3. The zero-order chi connectivity index (χ0) is 26.0. The number of ether oxygens (including phenoxy) is 1. The van der Waals surface area contributed by atoms with Gasteiger partial charge in [-0.2, -0.15) is 0 Å². The lowest BCUT2D eigenvalue weighted by molar-refractivity contribution is -0.114. The zero-order valence-electron chi connectivity index (χ0n) is 20.9. The second-order valence-corrected chi connectivity index (χ2v) is 8.79. The van der Waals surface area contributed by atoms with Crippen LogP contribution in [0.3, 0.4) is 0 Å². The lowest BCUT2D eigenvalue weighted by atomic mass is 10.1. The third kappa shape index (κ3) is 7.17. The van der Waals surface area contributed by atoms with Gasteiger partial charge in [-0.1, -0.05) is 18.2 Å². The summed E-state index contributed by atoms with van der Waals surface area (Å²) in [6.07, 6.45) is 2.08. The van der Waals surface area contributed by atoms with Crippen molar-refractivity contribution in [2.24, 2.45) is 0 Å². The maximum absolute atomic E-state index is 12.9. The van der Waals surface area contributed by atoms with E-state index in [4.69, 9.17) is 4.74 Å². The minimum absolute atomic E-state index is 0.0576. The summed E-state index contributed by atoms with van der Waals surface area (Å²) in [7, 11) is 0. The number of hydrogen-bond donors (Lipinski definition) is 3. The van der Waals surface area contributed by atoms with Gasteiger partial charge in [0.1, 0.15) is 0 Å². The smallest absolute Gasteiger partial charge is 0.258 e. The van der Waals surface area contributed by atoms with Gasteiger partial charge < -0.3 is 25.6 Å². The van der Waals surface area contributed by atoms with E-state index in [0.717, 1.165) is 30.8 Å². The third-order valence-electron chi connectivity index (χ3n) is 6.16. The minimum atomic E-state index is -0.225. The van der Waals surface area contributed by atoms with Gasteiger partial charge in [-0.05, 0) is 80.4 Å². The highest BCUT2D eigenvalue weighted by Crippen LogP contribution is 2.18. The molecule has 1 saturated heterocycles. The average molecular weight is 501 g/mol. The molecule has 1 atom stereocenters. The lowest BCUT2D eigenvalue weighted by Crippen LogP contribution is -2.31. The van der Waals surface area contributed by atoms with Gasteiger partial charge in [0.2, 0.25) is 5.91 Å². The Morgan fingerprint density at radius 2 is 1.57 bits per heavy atom. The number of amides is 3. The molecule has 0 aromatic heterocycles. The predicted molar refractivity (Wildman–Crippen MR) is 145 cm³/mol. The number of rotatable bonds is 10. The van der Waals surface area contributed by atoms with Crippen LogP contribution < -0.4 is 20.9 Å². The molecule has 0 saturated carbocycles. The molecule has 1 aliphatic heterocycles. The van der Waals surface area contributed by atoms with Crippen LogP contribution in [0.25, 0.3) is 0 Å². The van der Waals surface area contributed by atoms with E-state index in [0.29, 0.717) is 29.9 Å². The van der Waals surface area contributed by atoms with Gasteiger partial charge in [0.15, 0.2) is 0 Å². The maximum Gasteiger partial charge on any atom is 0.258 e. The van der Waals surface area contributed by atoms with Crippen molar-refractivity contribution in [2.75, 3.05) is 41.8 Å². The first kappa shape index (κ1) is 25.9. The van der Waals surface area contributed by atoms with Gasteiger partial charge in [-0.15, -0.1) is 0 Å². The summed E-state index contributed by atoms with van der Waals surface area (Å²) >= 11 is 0. The second kappa shape index (κ2) is 12.7.